The molecule has 82 valence electrons. The lowest BCUT2D eigenvalue weighted by Crippen LogP contribution is -2.09. The van der Waals surface area contributed by atoms with E-state index < -0.39 is 4.92 Å². The average Bonchev–Trinajstić information content (AvgIpc) is 2.55. The molecule has 0 fully saturated rings. The maximum absolute atomic E-state index is 10.6. The Morgan fingerprint density at radius 1 is 1.81 bits per heavy atom. The van der Waals surface area contributed by atoms with Crippen molar-refractivity contribution in [2.45, 2.75) is 6.92 Å². The second-order valence-electron chi connectivity index (χ2n) is 2.88. The van der Waals surface area contributed by atoms with Gasteiger partial charge in [0.05, 0.1) is 15.4 Å². The molecule has 0 aromatic carbocycles. The normalized spacial score (nSPS) is 10.9. The third-order valence-corrected chi connectivity index (χ3v) is 2.99. The lowest BCUT2D eigenvalue weighted by atomic mass is 10.2. The predicted octanol–water partition coefficient (Wildman–Crippen LogP) is 2.16. The number of nitriles is 1. The highest BCUT2D eigenvalue weighted by atomic mass is 32.1. The van der Waals surface area contributed by atoms with Crippen molar-refractivity contribution in [2.75, 3.05) is 0 Å². The Balaban J connectivity index is 3.17. The van der Waals surface area contributed by atoms with Gasteiger partial charge in [0.2, 0.25) is 0 Å². The van der Waals surface area contributed by atoms with E-state index in [9.17, 15) is 10.1 Å². The van der Waals surface area contributed by atoms with E-state index in [2.05, 4.69) is 12.2 Å². The molecule has 1 rings (SSSR count). The van der Waals surface area contributed by atoms with Crippen LogP contribution >= 0.6 is 23.6 Å². The molecular formula is C9H7N3O2S2. The SMILES string of the molecule is Cc1sc(/C=C(/C#N)C(N)=S)cc1[N+](=O)[O-]. The van der Waals surface area contributed by atoms with Gasteiger partial charge in [-0.05, 0) is 13.0 Å². The zero-order valence-electron chi connectivity index (χ0n) is 8.26. The second-order valence-corrected chi connectivity index (χ2v) is 4.61. The zero-order valence-corrected chi connectivity index (χ0v) is 9.89. The van der Waals surface area contributed by atoms with E-state index in [-0.39, 0.29) is 16.2 Å². The molecule has 2 N–H and O–H groups in total. The molecule has 0 aliphatic rings. The van der Waals surface area contributed by atoms with Gasteiger partial charge in [-0.2, -0.15) is 5.26 Å². The molecule has 0 radical (unpaired) electrons. The summed E-state index contributed by atoms with van der Waals surface area (Å²) in [5, 5.41) is 19.3. The van der Waals surface area contributed by atoms with E-state index in [0.29, 0.717) is 9.75 Å². The van der Waals surface area contributed by atoms with Crippen LogP contribution in [0.2, 0.25) is 0 Å². The zero-order chi connectivity index (χ0) is 12.3. The summed E-state index contributed by atoms with van der Waals surface area (Å²) in [7, 11) is 0. The molecule has 1 aromatic heterocycles. The third-order valence-electron chi connectivity index (χ3n) is 1.78. The number of thiophene rings is 1. The molecule has 5 nitrogen and oxygen atoms in total. The molecule has 0 saturated heterocycles. The Hall–Kier alpha value is -1.78. The fourth-order valence-electron chi connectivity index (χ4n) is 1.05. The summed E-state index contributed by atoms with van der Waals surface area (Å²) in [4.78, 5) is 11.3. The first-order valence-corrected chi connectivity index (χ1v) is 5.34. The van der Waals surface area contributed by atoms with Crippen molar-refractivity contribution in [3.05, 3.63) is 31.5 Å². The van der Waals surface area contributed by atoms with Crippen LogP contribution in [0.1, 0.15) is 9.75 Å². The number of nitrogens with two attached hydrogens (primary N) is 1. The van der Waals surface area contributed by atoms with Gasteiger partial charge in [0, 0.05) is 10.9 Å². The Morgan fingerprint density at radius 3 is 2.81 bits per heavy atom. The van der Waals surface area contributed by atoms with Gasteiger partial charge in [0.25, 0.3) is 5.69 Å². The summed E-state index contributed by atoms with van der Waals surface area (Å²) in [6.45, 7) is 1.65. The number of hydrogen-bond donors (Lipinski definition) is 1. The molecule has 1 aromatic rings. The minimum Gasteiger partial charge on any atom is -0.389 e. The fraction of sp³-hybridized carbons (Fsp3) is 0.111. The lowest BCUT2D eigenvalue weighted by molar-refractivity contribution is -0.385. The number of rotatable bonds is 3. The van der Waals surface area contributed by atoms with Crippen molar-refractivity contribution < 1.29 is 4.92 Å². The van der Waals surface area contributed by atoms with Crippen molar-refractivity contribution in [3.8, 4) is 6.07 Å². The van der Waals surface area contributed by atoms with Gasteiger partial charge in [-0.1, -0.05) is 12.2 Å². The third kappa shape index (κ3) is 2.62. The van der Waals surface area contributed by atoms with Crippen LogP contribution in [0.4, 0.5) is 5.69 Å². The lowest BCUT2D eigenvalue weighted by Gasteiger charge is -1.90. The smallest absolute Gasteiger partial charge is 0.283 e. The summed E-state index contributed by atoms with van der Waals surface area (Å²) >= 11 is 5.88. The molecule has 1 heterocycles. The number of nitrogens with zero attached hydrogens (tertiary/aromatic N) is 2. The molecule has 0 aliphatic heterocycles. The minimum absolute atomic E-state index is 0.0174. The molecule has 0 bridgehead atoms. The van der Waals surface area contributed by atoms with Gasteiger partial charge in [-0.15, -0.1) is 11.3 Å². The van der Waals surface area contributed by atoms with E-state index in [1.165, 1.54) is 23.5 Å². The topological polar surface area (TPSA) is 93.0 Å². The average molecular weight is 253 g/mol. The van der Waals surface area contributed by atoms with Crippen molar-refractivity contribution >= 4 is 40.3 Å². The van der Waals surface area contributed by atoms with Crippen molar-refractivity contribution in [1.29, 1.82) is 5.26 Å². The maximum Gasteiger partial charge on any atom is 0.283 e. The highest BCUT2D eigenvalue weighted by molar-refractivity contribution is 7.80. The van der Waals surface area contributed by atoms with Crippen molar-refractivity contribution in [3.63, 3.8) is 0 Å². The van der Waals surface area contributed by atoms with E-state index in [0.717, 1.165) is 0 Å². The van der Waals surface area contributed by atoms with Crippen LogP contribution in [-0.2, 0) is 0 Å². The van der Waals surface area contributed by atoms with Gasteiger partial charge in [0.15, 0.2) is 0 Å². The summed E-state index contributed by atoms with van der Waals surface area (Å²) < 4.78 is 0. The summed E-state index contributed by atoms with van der Waals surface area (Å²) in [6.07, 6.45) is 1.45. The van der Waals surface area contributed by atoms with Gasteiger partial charge >= 0.3 is 0 Å². The van der Waals surface area contributed by atoms with Gasteiger partial charge in [-0.25, -0.2) is 0 Å². The minimum atomic E-state index is -0.462. The highest BCUT2D eigenvalue weighted by Crippen LogP contribution is 2.29. The molecule has 0 spiro atoms. The van der Waals surface area contributed by atoms with Gasteiger partial charge in [-0.3, -0.25) is 10.1 Å². The molecule has 0 amide bonds. The van der Waals surface area contributed by atoms with E-state index in [4.69, 9.17) is 11.0 Å². The number of nitro groups is 1. The van der Waals surface area contributed by atoms with Crippen molar-refractivity contribution in [2.24, 2.45) is 5.73 Å². The molecule has 7 heteroatoms. The maximum atomic E-state index is 10.6. The summed E-state index contributed by atoms with van der Waals surface area (Å²) in [6, 6.07) is 3.24. The van der Waals surface area contributed by atoms with Crippen LogP contribution in [0.25, 0.3) is 6.08 Å². The second kappa shape index (κ2) is 4.83. The van der Waals surface area contributed by atoms with E-state index >= 15 is 0 Å². The Bertz CT molecular complexity index is 525. The first-order valence-electron chi connectivity index (χ1n) is 4.12. The number of aryl methyl sites for hydroxylation is 1. The van der Waals surface area contributed by atoms with Crippen LogP contribution in [0.15, 0.2) is 11.6 Å². The highest BCUT2D eigenvalue weighted by Gasteiger charge is 2.14. The van der Waals surface area contributed by atoms with Crippen LogP contribution in [-0.4, -0.2) is 9.91 Å². The van der Waals surface area contributed by atoms with Crippen LogP contribution in [0, 0.1) is 28.4 Å². The molecule has 0 atom stereocenters. The van der Waals surface area contributed by atoms with Crippen LogP contribution in [0.5, 0.6) is 0 Å². The predicted molar refractivity (Wildman–Crippen MR) is 66.1 cm³/mol. The van der Waals surface area contributed by atoms with Crippen molar-refractivity contribution in [1.82, 2.24) is 0 Å². The fourth-order valence-corrected chi connectivity index (χ4v) is 2.09. The van der Waals surface area contributed by atoms with Gasteiger partial charge < -0.3 is 5.73 Å². The van der Waals surface area contributed by atoms with E-state index in [1.807, 2.05) is 6.07 Å². The van der Waals surface area contributed by atoms with Crippen LogP contribution in [0.3, 0.4) is 0 Å². The monoisotopic (exact) mass is 253 g/mol. The van der Waals surface area contributed by atoms with Gasteiger partial charge in [0.1, 0.15) is 11.1 Å². The van der Waals surface area contributed by atoms with E-state index in [1.54, 1.807) is 6.92 Å². The Kier molecular flexibility index (Phi) is 3.71. The quantitative estimate of drug-likeness (QED) is 0.293. The molecule has 16 heavy (non-hydrogen) atoms. The number of thiocarbonyl (C=S) groups is 1. The standard InChI is InChI=1S/C9H7N3O2S2/c1-5-8(12(13)14)3-7(16-5)2-6(4-10)9(11)15/h2-3H,1H3,(H2,11,15)/b6-2-. The molecule has 0 unspecified atom stereocenters. The first-order chi connectivity index (χ1) is 7.45. The molecular weight excluding hydrogens is 246 g/mol. The first kappa shape index (κ1) is 12.3. The molecule has 0 aliphatic carbocycles. The summed E-state index contributed by atoms with van der Waals surface area (Å²) in [5.41, 5.74) is 5.49. The largest absolute Gasteiger partial charge is 0.389 e. The Morgan fingerprint density at radius 2 is 2.44 bits per heavy atom. The Labute approximate surface area is 101 Å². The summed E-state index contributed by atoms with van der Waals surface area (Å²) in [5.74, 6) is 0. The molecule has 0 saturated carbocycles. The van der Waals surface area contributed by atoms with Crippen LogP contribution < -0.4 is 5.73 Å². The number of hydrogen-bond acceptors (Lipinski definition) is 5.